The molecule has 104 valence electrons. The molecule has 0 unspecified atom stereocenters. The number of para-hydroxylation sites is 1. The first kappa shape index (κ1) is 13.7. The van der Waals surface area contributed by atoms with Crippen molar-refractivity contribution in [1.29, 1.82) is 0 Å². The van der Waals surface area contributed by atoms with Gasteiger partial charge in [0.05, 0.1) is 23.3 Å². The number of aromatic nitrogens is 1. The lowest BCUT2D eigenvalue weighted by molar-refractivity contribution is 0.415. The van der Waals surface area contributed by atoms with Crippen LogP contribution in [0.25, 0.3) is 23.1 Å². The van der Waals surface area contributed by atoms with E-state index in [1.165, 1.54) is 0 Å². The Hall–Kier alpha value is -2.32. The summed E-state index contributed by atoms with van der Waals surface area (Å²) in [4.78, 5) is 4.60. The molecule has 0 aliphatic heterocycles. The second kappa shape index (κ2) is 5.98. The van der Waals surface area contributed by atoms with Gasteiger partial charge in [0, 0.05) is 5.39 Å². The molecular formula is C18H14ClNO. The van der Waals surface area contributed by atoms with E-state index in [1.807, 2.05) is 54.6 Å². The summed E-state index contributed by atoms with van der Waals surface area (Å²) < 4.78 is 5.14. The van der Waals surface area contributed by atoms with Gasteiger partial charge in [-0.2, -0.15) is 0 Å². The van der Waals surface area contributed by atoms with Crippen molar-refractivity contribution in [1.82, 2.24) is 4.98 Å². The summed E-state index contributed by atoms with van der Waals surface area (Å²) >= 11 is 6.11. The van der Waals surface area contributed by atoms with Crippen molar-refractivity contribution in [2.45, 2.75) is 0 Å². The standard InChI is InChI=1S/C18H14ClNO/c1-21-18-11-7-13(12-16(18)19)6-9-15-10-8-14-4-2-3-5-17(14)20-15/h2-12H,1H3/b9-6+. The van der Waals surface area contributed by atoms with Crippen LogP contribution >= 0.6 is 11.6 Å². The molecule has 3 heteroatoms. The van der Waals surface area contributed by atoms with E-state index in [0.29, 0.717) is 10.8 Å². The number of pyridine rings is 1. The molecule has 1 aromatic heterocycles. The molecule has 3 aromatic rings. The zero-order valence-corrected chi connectivity index (χ0v) is 12.3. The SMILES string of the molecule is COc1ccc(/C=C/c2ccc3ccccc3n2)cc1Cl. The van der Waals surface area contributed by atoms with Crippen LogP contribution in [0.3, 0.4) is 0 Å². The normalized spacial score (nSPS) is 11.1. The van der Waals surface area contributed by atoms with Gasteiger partial charge in [0.25, 0.3) is 0 Å². The average Bonchev–Trinajstić information content (AvgIpc) is 2.53. The van der Waals surface area contributed by atoms with Gasteiger partial charge >= 0.3 is 0 Å². The molecule has 0 saturated carbocycles. The molecule has 0 aliphatic rings. The van der Waals surface area contributed by atoms with Crippen LogP contribution in [0, 0.1) is 0 Å². The molecule has 0 saturated heterocycles. The van der Waals surface area contributed by atoms with Crippen molar-refractivity contribution >= 4 is 34.7 Å². The van der Waals surface area contributed by atoms with E-state index in [0.717, 1.165) is 22.2 Å². The van der Waals surface area contributed by atoms with E-state index in [9.17, 15) is 0 Å². The largest absolute Gasteiger partial charge is 0.495 e. The average molecular weight is 296 g/mol. The molecule has 0 spiro atoms. The summed E-state index contributed by atoms with van der Waals surface area (Å²) in [5.41, 5.74) is 2.92. The second-order valence-corrected chi connectivity index (χ2v) is 5.06. The van der Waals surface area contributed by atoms with Gasteiger partial charge in [0.2, 0.25) is 0 Å². The summed E-state index contributed by atoms with van der Waals surface area (Å²) in [6.45, 7) is 0. The second-order valence-electron chi connectivity index (χ2n) is 4.66. The number of hydrogen-bond acceptors (Lipinski definition) is 2. The van der Waals surface area contributed by atoms with E-state index in [4.69, 9.17) is 16.3 Å². The highest BCUT2D eigenvalue weighted by molar-refractivity contribution is 6.32. The van der Waals surface area contributed by atoms with Crippen LogP contribution in [0.1, 0.15) is 11.3 Å². The first-order valence-corrected chi connectivity index (χ1v) is 7.01. The van der Waals surface area contributed by atoms with Crippen LogP contribution in [-0.4, -0.2) is 12.1 Å². The van der Waals surface area contributed by atoms with Crippen LogP contribution in [0.2, 0.25) is 5.02 Å². The fraction of sp³-hybridized carbons (Fsp3) is 0.0556. The Morgan fingerprint density at radius 1 is 1.00 bits per heavy atom. The van der Waals surface area contributed by atoms with Crippen LogP contribution in [0.4, 0.5) is 0 Å². The number of rotatable bonds is 3. The maximum absolute atomic E-state index is 6.11. The molecule has 0 amide bonds. The van der Waals surface area contributed by atoms with Gasteiger partial charge in [-0.1, -0.05) is 48.0 Å². The van der Waals surface area contributed by atoms with Crippen LogP contribution in [0.15, 0.2) is 54.6 Å². The van der Waals surface area contributed by atoms with Crippen LogP contribution < -0.4 is 4.74 Å². The molecule has 0 radical (unpaired) electrons. The van der Waals surface area contributed by atoms with Crippen molar-refractivity contribution in [3.8, 4) is 5.75 Å². The molecule has 0 bridgehead atoms. The van der Waals surface area contributed by atoms with Crippen molar-refractivity contribution in [3.05, 3.63) is 70.9 Å². The monoisotopic (exact) mass is 295 g/mol. The minimum absolute atomic E-state index is 0.603. The molecule has 21 heavy (non-hydrogen) atoms. The predicted molar refractivity (Wildman–Crippen MR) is 88.7 cm³/mol. The van der Waals surface area contributed by atoms with Gasteiger partial charge in [-0.15, -0.1) is 0 Å². The third-order valence-electron chi connectivity index (χ3n) is 3.24. The van der Waals surface area contributed by atoms with E-state index in [2.05, 4.69) is 17.1 Å². The number of halogens is 1. The Bertz CT molecular complexity index is 811. The van der Waals surface area contributed by atoms with Crippen molar-refractivity contribution < 1.29 is 4.74 Å². The smallest absolute Gasteiger partial charge is 0.137 e. The number of benzene rings is 2. The zero-order valence-electron chi connectivity index (χ0n) is 11.6. The Labute approximate surface area is 128 Å². The quantitative estimate of drug-likeness (QED) is 0.673. The van der Waals surface area contributed by atoms with Gasteiger partial charge < -0.3 is 4.74 Å². The predicted octanol–water partition coefficient (Wildman–Crippen LogP) is 5.07. The van der Waals surface area contributed by atoms with Gasteiger partial charge in [-0.25, -0.2) is 4.98 Å². The molecule has 0 aliphatic carbocycles. The number of fused-ring (bicyclic) bond motifs is 1. The summed E-state index contributed by atoms with van der Waals surface area (Å²) in [7, 11) is 1.61. The minimum atomic E-state index is 0.603. The highest BCUT2D eigenvalue weighted by Gasteiger charge is 2.00. The first-order valence-electron chi connectivity index (χ1n) is 6.64. The van der Waals surface area contributed by atoms with Gasteiger partial charge in [-0.05, 0) is 35.9 Å². The number of nitrogens with zero attached hydrogens (tertiary/aromatic N) is 1. The molecule has 1 heterocycles. The first-order chi connectivity index (χ1) is 10.3. The van der Waals surface area contributed by atoms with Gasteiger partial charge in [0.15, 0.2) is 0 Å². The van der Waals surface area contributed by atoms with Crippen molar-refractivity contribution in [3.63, 3.8) is 0 Å². The maximum atomic E-state index is 6.11. The van der Waals surface area contributed by atoms with Gasteiger partial charge in [-0.3, -0.25) is 0 Å². The molecule has 0 N–H and O–H groups in total. The Balaban J connectivity index is 1.88. The molecular weight excluding hydrogens is 282 g/mol. The van der Waals surface area contributed by atoms with E-state index in [-0.39, 0.29) is 0 Å². The minimum Gasteiger partial charge on any atom is -0.495 e. The fourth-order valence-corrected chi connectivity index (χ4v) is 2.41. The van der Waals surface area contributed by atoms with E-state index < -0.39 is 0 Å². The van der Waals surface area contributed by atoms with E-state index >= 15 is 0 Å². The van der Waals surface area contributed by atoms with Crippen LogP contribution in [-0.2, 0) is 0 Å². The lowest BCUT2D eigenvalue weighted by atomic mass is 10.1. The highest BCUT2D eigenvalue weighted by atomic mass is 35.5. The summed E-state index contributed by atoms with van der Waals surface area (Å²) in [5, 5.41) is 1.74. The molecule has 0 fully saturated rings. The third kappa shape index (κ3) is 3.06. The number of ether oxygens (including phenoxy) is 1. The van der Waals surface area contributed by atoms with Gasteiger partial charge in [0.1, 0.15) is 5.75 Å². The maximum Gasteiger partial charge on any atom is 0.137 e. The fourth-order valence-electron chi connectivity index (χ4n) is 2.14. The molecule has 2 aromatic carbocycles. The summed E-state index contributed by atoms with van der Waals surface area (Å²) in [5.74, 6) is 0.678. The lowest BCUT2D eigenvalue weighted by Crippen LogP contribution is -1.85. The Kier molecular flexibility index (Phi) is 3.89. The number of methoxy groups -OCH3 is 1. The zero-order chi connectivity index (χ0) is 14.7. The molecule has 2 nitrogen and oxygen atoms in total. The van der Waals surface area contributed by atoms with E-state index in [1.54, 1.807) is 7.11 Å². The summed E-state index contributed by atoms with van der Waals surface area (Å²) in [6.07, 6.45) is 3.97. The Morgan fingerprint density at radius 2 is 1.86 bits per heavy atom. The van der Waals surface area contributed by atoms with Crippen molar-refractivity contribution in [2.24, 2.45) is 0 Å². The topological polar surface area (TPSA) is 22.1 Å². The van der Waals surface area contributed by atoms with Crippen LogP contribution in [0.5, 0.6) is 5.75 Å². The number of hydrogen-bond donors (Lipinski definition) is 0. The summed E-state index contributed by atoms with van der Waals surface area (Å²) in [6, 6.07) is 17.8. The molecule has 0 atom stereocenters. The Morgan fingerprint density at radius 3 is 2.67 bits per heavy atom. The lowest BCUT2D eigenvalue weighted by Gasteiger charge is -2.03. The molecule has 3 rings (SSSR count). The third-order valence-corrected chi connectivity index (χ3v) is 3.54. The highest BCUT2D eigenvalue weighted by Crippen LogP contribution is 2.25. The van der Waals surface area contributed by atoms with Crippen molar-refractivity contribution in [2.75, 3.05) is 7.11 Å².